The molecule has 0 bridgehead atoms. The van der Waals surface area contributed by atoms with E-state index in [1.807, 2.05) is 37.3 Å². The number of carboxylic acids is 1. The standard InChI is InChI=1S/C21H26N2O5S2/c1-2-14(24)16-18(26)23-17(20(27)28)21(30-19(16)23)29-13-8-9-22(10-13)11-15(25)12-6-4-3-5-7-12/h3-7,13-16,19,24-25H,2,8-11H2,1H3,(H,27,28)/t13?,14-,15?,16+,19+/m0/s1. The molecule has 0 aromatic heterocycles. The molecule has 3 aliphatic heterocycles. The fourth-order valence-corrected chi connectivity index (χ4v) is 7.54. The number of aliphatic hydroxyl groups is 2. The number of aliphatic carboxylic acids is 1. The van der Waals surface area contributed by atoms with Crippen molar-refractivity contribution in [3.05, 3.63) is 45.8 Å². The third-order valence-corrected chi connectivity index (χ3v) is 8.76. The van der Waals surface area contributed by atoms with E-state index >= 15 is 0 Å². The lowest BCUT2D eigenvalue weighted by Gasteiger charge is -2.44. The zero-order valence-electron chi connectivity index (χ0n) is 16.7. The van der Waals surface area contributed by atoms with E-state index in [0.29, 0.717) is 17.2 Å². The van der Waals surface area contributed by atoms with Crippen LogP contribution in [0.1, 0.15) is 31.4 Å². The molecule has 9 heteroatoms. The molecule has 1 aromatic rings. The van der Waals surface area contributed by atoms with Gasteiger partial charge in [0.1, 0.15) is 5.37 Å². The van der Waals surface area contributed by atoms with Crippen molar-refractivity contribution >= 4 is 35.4 Å². The molecule has 3 heterocycles. The van der Waals surface area contributed by atoms with Crippen LogP contribution in [-0.4, -0.2) is 73.4 Å². The number of hydrogen-bond donors (Lipinski definition) is 3. The van der Waals surface area contributed by atoms with Crippen molar-refractivity contribution in [3.63, 3.8) is 0 Å². The summed E-state index contributed by atoms with van der Waals surface area (Å²) in [6.07, 6.45) is 0.0589. The normalized spacial score (nSPS) is 28.4. The number of carbonyl (C=O) groups is 2. The van der Waals surface area contributed by atoms with Gasteiger partial charge < -0.3 is 15.3 Å². The molecule has 0 saturated carbocycles. The number of amides is 1. The predicted octanol–water partition coefficient (Wildman–Crippen LogP) is 2.08. The summed E-state index contributed by atoms with van der Waals surface area (Å²) >= 11 is 2.90. The van der Waals surface area contributed by atoms with Crippen LogP contribution >= 0.6 is 23.5 Å². The third kappa shape index (κ3) is 4.01. The molecule has 0 radical (unpaired) electrons. The van der Waals surface area contributed by atoms with Gasteiger partial charge in [0, 0.05) is 18.3 Å². The van der Waals surface area contributed by atoms with Crippen LogP contribution in [0, 0.1) is 5.92 Å². The van der Waals surface area contributed by atoms with Gasteiger partial charge in [-0.1, -0.05) is 49.0 Å². The summed E-state index contributed by atoms with van der Waals surface area (Å²) in [5.74, 6) is -1.93. The Balaban J connectivity index is 1.38. The molecular formula is C21H26N2O5S2. The van der Waals surface area contributed by atoms with Gasteiger partial charge in [-0.2, -0.15) is 0 Å². The lowest BCUT2D eigenvalue weighted by atomic mass is 9.90. The molecule has 0 spiro atoms. The molecule has 30 heavy (non-hydrogen) atoms. The first kappa shape index (κ1) is 21.7. The summed E-state index contributed by atoms with van der Waals surface area (Å²) < 4.78 is 0.655. The van der Waals surface area contributed by atoms with Gasteiger partial charge >= 0.3 is 5.97 Å². The van der Waals surface area contributed by atoms with Gasteiger partial charge in [-0.15, -0.1) is 11.8 Å². The molecule has 162 valence electrons. The maximum atomic E-state index is 12.5. The van der Waals surface area contributed by atoms with Crippen molar-refractivity contribution in [3.8, 4) is 0 Å². The molecule has 4 rings (SSSR count). The highest BCUT2D eigenvalue weighted by atomic mass is 32.2. The molecule has 2 fully saturated rings. The molecular weight excluding hydrogens is 424 g/mol. The fraction of sp³-hybridized carbons (Fsp3) is 0.524. The maximum Gasteiger partial charge on any atom is 0.354 e. The number of likely N-dealkylation sites (tertiary alicyclic amines) is 1. The van der Waals surface area contributed by atoms with Gasteiger partial charge in [0.05, 0.1) is 22.4 Å². The Bertz CT molecular complexity index is 849. The van der Waals surface area contributed by atoms with Gasteiger partial charge in [0.25, 0.3) is 0 Å². The topological polar surface area (TPSA) is 101 Å². The van der Waals surface area contributed by atoms with Crippen LogP contribution in [0.25, 0.3) is 0 Å². The Morgan fingerprint density at radius 1 is 1.30 bits per heavy atom. The second-order valence-corrected chi connectivity index (χ2v) is 10.6. The van der Waals surface area contributed by atoms with E-state index < -0.39 is 24.1 Å². The molecule has 2 unspecified atom stereocenters. The highest BCUT2D eigenvalue weighted by molar-refractivity contribution is 8.23. The number of β-amino-alcohol motifs (C(OH)–C–C–N with tert-alkyl or cyclic N) is 1. The summed E-state index contributed by atoms with van der Waals surface area (Å²) in [7, 11) is 0. The van der Waals surface area contributed by atoms with Gasteiger partial charge in [-0.05, 0) is 24.9 Å². The number of thioether (sulfide) groups is 2. The first-order valence-electron chi connectivity index (χ1n) is 10.2. The SMILES string of the molecule is CC[C@H](O)[C@@H]1C(=O)N2C(C(=O)O)=C(SC3CCN(CC(O)c4ccccc4)C3)S[C@H]12. The molecule has 0 aliphatic carbocycles. The summed E-state index contributed by atoms with van der Waals surface area (Å²) in [5.41, 5.74) is 0.946. The summed E-state index contributed by atoms with van der Waals surface area (Å²) in [6.45, 7) is 3.95. The average Bonchev–Trinajstić information content (AvgIpc) is 3.31. The Labute approximate surface area is 184 Å². The Kier molecular flexibility index (Phi) is 6.45. The second-order valence-electron chi connectivity index (χ2n) is 7.87. The van der Waals surface area contributed by atoms with Crippen LogP contribution in [0.15, 0.2) is 40.3 Å². The van der Waals surface area contributed by atoms with Crippen molar-refractivity contribution in [1.29, 1.82) is 0 Å². The smallest absolute Gasteiger partial charge is 0.354 e. The third-order valence-electron chi connectivity index (χ3n) is 5.90. The highest BCUT2D eigenvalue weighted by Crippen LogP contribution is 2.55. The van der Waals surface area contributed by atoms with E-state index in [0.717, 1.165) is 25.1 Å². The van der Waals surface area contributed by atoms with Gasteiger partial charge in [-0.3, -0.25) is 14.6 Å². The molecule has 1 amide bonds. The highest BCUT2D eigenvalue weighted by Gasteiger charge is 2.58. The molecule has 1 aromatic carbocycles. The molecule has 3 aliphatic rings. The average molecular weight is 451 g/mol. The van der Waals surface area contributed by atoms with Crippen LogP contribution in [0.4, 0.5) is 0 Å². The lowest BCUT2D eigenvalue weighted by molar-refractivity contribution is -0.157. The minimum atomic E-state index is -1.10. The number of rotatable bonds is 8. The number of β-lactam (4-membered cyclic amide) rings is 1. The van der Waals surface area contributed by atoms with Gasteiger partial charge in [0.2, 0.25) is 5.91 Å². The lowest BCUT2D eigenvalue weighted by Crippen LogP contribution is -2.61. The van der Waals surface area contributed by atoms with E-state index in [9.17, 15) is 24.9 Å². The van der Waals surface area contributed by atoms with Crippen molar-refractivity contribution in [1.82, 2.24) is 9.80 Å². The number of carbonyl (C=O) groups excluding carboxylic acids is 1. The van der Waals surface area contributed by atoms with Crippen LogP contribution in [0.5, 0.6) is 0 Å². The number of fused-ring (bicyclic) bond motifs is 1. The number of aliphatic hydroxyl groups excluding tert-OH is 2. The van der Waals surface area contributed by atoms with Crippen molar-refractivity contribution < 1.29 is 24.9 Å². The monoisotopic (exact) mass is 450 g/mol. The van der Waals surface area contributed by atoms with Crippen LogP contribution in [-0.2, 0) is 9.59 Å². The number of hydrogen-bond acceptors (Lipinski definition) is 7. The van der Waals surface area contributed by atoms with Crippen molar-refractivity contribution in [2.24, 2.45) is 5.92 Å². The Hall–Kier alpha value is -1.52. The number of nitrogens with zero attached hydrogens (tertiary/aromatic N) is 2. The van der Waals surface area contributed by atoms with Crippen molar-refractivity contribution in [2.45, 2.75) is 42.6 Å². The summed E-state index contributed by atoms with van der Waals surface area (Å²) in [5, 5.41) is 30.2. The molecule has 2 saturated heterocycles. The largest absolute Gasteiger partial charge is 0.477 e. The second kappa shape index (κ2) is 8.92. The zero-order chi connectivity index (χ0) is 21.4. The molecule has 3 N–H and O–H groups in total. The summed E-state index contributed by atoms with van der Waals surface area (Å²) in [4.78, 5) is 27.8. The van der Waals surface area contributed by atoms with E-state index in [2.05, 4.69) is 4.90 Å². The minimum Gasteiger partial charge on any atom is -0.477 e. The van der Waals surface area contributed by atoms with Gasteiger partial charge in [0.15, 0.2) is 5.70 Å². The number of carboxylic acid groups (broad SMARTS) is 1. The first-order valence-corrected chi connectivity index (χ1v) is 11.9. The first-order chi connectivity index (χ1) is 14.4. The van der Waals surface area contributed by atoms with Crippen LogP contribution in [0.2, 0.25) is 0 Å². The zero-order valence-corrected chi connectivity index (χ0v) is 18.3. The maximum absolute atomic E-state index is 12.5. The van der Waals surface area contributed by atoms with Crippen molar-refractivity contribution in [2.75, 3.05) is 19.6 Å². The van der Waals surface area contributed by atoms with Gasteiger partial charge in [-0.25, -0.2) is 4.79 Å². The molecule has 7 nitrogen and oxygen atoms in total. The Morgan fingerprint density at radius 3 is 2.70 bits per heavy atom. The number of benzene rings is 1. The molecule has 5 atom stereocenters. The van der Waals surface area contributed by atoms with E-state index in [1.165, 1.54) is 28.4 Å². The Morgan fingerprint density at radius 2 is 2.03 bits per heavy atom. The van der Waals surface area contributed by atoms with E-state index in [4.69, 9.17) is 0 Å². The predicted molar refractivity (Wildman–Crippen MR) is 117 cm³/mol. The summed E-state index contributed by atoms with van der Waals surface area (Å²) in [6, 6.07) is 9.56. The van der Waals surface area contributed by atoms with E-state index in [1.54, 1.807) is 0 Å². The quantitative estimate of drug-likeness (QED) is 0.518. The fourth-order valence-electron chi connectivity index (χ4n) is 4.23. The van der Waals surface area contributed by atoms with E-state index in [-0.39, 0.29) is 22.2 Å². The van der Waals surface area contributed by atoms with Crippen LogP contribution in [0.3, 0.4) is 0 Å². The van der Waals surface area contributed by atoms with Crippen LogP contribution < -0.4 is 0 Å². The minimum absolute atomic E-state index is 0.0577.